The third-order valence-corrected chi connectivity index (χ3v) is 5.43. The molecule has 0 saturated heterocycles. The number of amides is 2. The van der Waals surface area contributed by atoms with Gasteiger partial charge in [0.1, 0.15) is 12.4 Å². The van der Waals surface area contributed by atoms with Crippen LogP contribution in [-0.4, -0.2) is 25.0 Å². The Morgan fingerprint density at radius 1 is 0.871 bits per heavy atom. The number of hydrogen-bond acceptors (Lipinski definition) is 5. The summed E-state index contributed by atoms with van der Waals surface area (Å²) >= 11 is 1.19. The number of thiophene rings is 1. The van der Waals surface area contributed by atoms with Gasteiger partial charge >= 0.3 is 0 Å². The molecule has 0 unspecified atom stereocenters. The fourth-order valence-electron chi connectivity index (χ4n) is 2.97. The van der Waals surface area contributed by atoms with Crippen LogP contribution < -0.4 is 15.4 Å². The molecule has 0 saturated carbocycles. The van der Waals surface area contributed by atoms with E-state index >= 15 is 0 Å². The van der Waals surface area contributed by atoms with Crippen LogP contribution in [0.15, 0.2) is 89.5 Å². The van der Waals surface area contributed by atoms with Gasteiger partial charge in [0.2, 0.25) is 0 Å². The summed E-state index contributed by atoms with van der Waals surface area (Å²) in [6.07, 6.45) is 1.43. The summed E-state index contributed by atoms with van der Waals surface area (Å²) in [5, 5.41) is 6.12. The zero-order chi connectivity index (χ0) is 21.5. The fraction of sp³-hybridized carbons (Fsp3) is 0.0833. The van der Waals surface area contributed by atoms with E-state index < -0.39 is 0 Å². The molecular formula is C24H20N2O4S. The van der Waals surface area contributed by atoms with E-state index in [1.54, 1.807) is 24.3 Å². The highest BCUT2D eigenvalue weighted by Crippen LogP contribution is 2.29. The standard InChI is InChI=1S/C24H20N2O4S/c27-23(20-11-6-15-29-20)26-22-13-12-21(31-22)24(28)25-14-16-30-19-10-5-4-9-18(19)17-7-2-1-3-8-17/h1-13,15H,14,16H2,(H,25,28)(H,26,27). The number of benzene rings is 2. The van der Waals surface area contributed by atoms with Crippen molar-refractivity contribution < 1.29 is 18.7 Å². The Bertz CT molecular complexity index is 1150. The van der Waals surface area contributed by atoms with Gasteiger partial charge < -0.3 is 19.8 Å². The Kier molecular flexibility index (Phi) is 6.44. The number of ether oxygens (including phenoxy) is 1. The van der Waals surface area contributed by atoms with Crippen molar-refractivity contribution in [1.29, 1.82) is 0 Å². The van der Waals surface area contributed by atoms with Gasteiger partial charge in [-0.05, 0) is 35.9 Å². The molecule has 0 aliphatic heterocycles. The van der Waals surface area contributed by atoms with Gasteiger partial charge in [0.25, 0.3) is 11.8 Å². The van der Waals surface area contributed by atoms with Crippen LogP contribution in [0, 0.1) is 0 Å². The van der Waals surface area contributed by atoms with Crippen LogP contribution in [0.2, 0.25) is 0 Å². The molecule has 0 bridgehead atoms. The second-order valence-electron chi connectivity index (χ2n) is 6.56. The summed E-state index contributed by atoms with van der Waals surface area (Å²) in [7, 11) is 0. The van der Waals surface area contributed by atoms with E-state index in [1.807, 2.05) is 54.6 Å². The molecule has 0 spiro atoms. The van der Waals surface area contributed by atoms with Crippen molar-refractivity contribution in [1.82, 2.24) is 5.32 Å². The van der Waals surface area contributed by atoms with Crippen LogP contribution in [0.1, 0.15) is 20.2 Å². The number of rotatable bonds is 8. The van der Waals surface area contributed by atoms with Gasteiger partial charge in [-0.25, -0.2) is 0 Å². The highest BCUT2D eigenvalue weighted by molar-refractivity contribution is 7.18. The van der Waals surface area contributed by atoms with Gasteiger partial charge in [0, 0.05) is 5.56 Å². The SMILES string of the molecule is O=C(Nc1ccc(C(=O)NCCOc2ccccc2-c2ccccc2)s1)c1ccco1. The highest BCUT2D eigenvalue weighted by Gasteiger charge is 2.13. The Balaban J connectivity index is 1.28. The smallest absolute Gasteiger partial charge is 0.291 e. The average molecular weight is 433 g/mol. The molecule has 31 heavy (non-hydrogen) atoms. The molecule has 6 nitrogen and oxygen atoms in total. The quantitative estimate of drug-likeness (QED) is 0.381. The number of nitrogens with one attached hydrogen (secondary N) is 2. The summed E-state index contributed by atoms with van der Waals surface area (Å²) in [5.74, 6) is 0.405. The minimum Gasteiger partial charge on any atom is -0.491 e. The van der Waals surface area contributed by atoms with Crippen LogP contribution in [0.3, 0.4) is 0 Å². The highest BCUT2D eigenvalue weighted by atomic mass is 32.1. The predicted octanol–water partition coefficient (Wildman–Crippen LogP) is 5.07. The number of hydrogen-bond donors (Lipinski definition) is 2. The lowest BCUT2D eigenvalue weighted by Crippen LogP contribution is -2.27. The summed E-state index contributed by atoms with van der Waals surface area (Å²) in [6.45, 7) is 0.691. The summed E-state index contributed by atoms with van der Waals surface area (Å²) < 4.78 is 11.0. The molecule has 2 heterocycles. The van der Waals surface area contributed by atoms with Gasteiger partial charge in [0.05, 0.1) is 22.7 Å². The van der Waals surface area contributed by atoms with Crippen molar-refractivity contribution in [3.8, 4) is 16.9 Å². The summed E-state index contributed by atoms with van der Waals surface area (Å²) in [6, 6.07) is 24.4. The molecule has 0 fully saturated rings. The second-order valence-corrected chi connectivity index (χ2v) is 7.65. The molecule has 4 aromatic rings. The van der Waals surface area contributed by atoms with Crippen molar-refractivity contribution in [2.45, 2.75) is 0 Å². The van der Waals surface area contributed by atoms with Gasteiger partial charge in [-0.15, -0.1) is 11.3 Å². The van der Waals surface area contributed by atoms with Crippen LogP contribution in [0.5, 0.6) is 5.75 Å². The molecule has 0 aliphatic rings. The van der Waals surface area contributed by atoms with E-state index in [0.717, 1.165) is 16.9 Å². The minimum atomic E-state index is -0.357. The van der Waals surface area contributed by atoms with Crippen LogP contribution >= 0.6 is 11.3 Å². The molecule has 2 aromatic heterocycles. The Labute approximate surface area is 183 Å². The monoisotopic (exact) mass is 432 g/mol. The van der Waals surface area contributed by atoms with E-state index in [2.05, 4.69) is 10.6 Å². The molecule has 0 atom stereocenters. The van der Waals surface area contributed by atoms with E-state index in [-0.39, 0.29) is 17.6 Å². The molecule has 2 amide bonds. The van der Waals surface area contributed by atoms with E-state index in [1.165, 1.54) is 17.6 Å². The fourth-order valence-corrected chi connectivity index (χ4v) is 3.79. The molecule has 4 rings (SSSR count). The van der Waals surface area contributed by atoms with Crippen molar-refractivity contribution in [3.63, 3.8) is 0 Å². The van der Waals surface area contributed by atoms with Crippen molar-refractivity contribution in [3.05, 3.63) is 95.8 Å². The molecular weight excluding hydrogens is 412 g/mol. The molecule has 0 aliphatic carbocycles. The lowest BCUT2D eigenvalue weighted by atomic mass is 10.1. The Hall–Kier alpha value is -3.84. The molecule has 7 heteroatoms. The average Bonchev–Trinajstić information content (AvgIpc) is 3.50. The number of carbonyl (C=O) groups is 2. The summed E-state index contributed by atoms with van der Waals surface area (Å²) in [5.41, 5.74) is 2.08. The Morgan fingerprint density at radius 3 is 2.48 bits per heavy atom. The van der Waals surface area contributed by atoms with E-state index in [0.29, 0.717) is 23.0 Å². The number of furan rings is 1. The lowest BCUT2D eigenvalue weighted by Gasteiger charge is -2.12. The molecule has 2 aromatic carbocycles. The van der Waals surface area contributed by atoms with E-state index in [9.17, 15) is 9.59 Å². The normalized spacial score (nSPS) is 10.5. The summed E-state index contributed by atoms with van der Waals surface area (Å²) in [4.78, 5) is 24.9. The maximum atomic E-state index is 12.4. The number of anilines is 1. The second kappa shape index (κ2) is 9.77. The zero-order valence-electron chi connectivity index (χ0n) is 16.5. The van der Waals surface area contributed by atoms with Gasteiger partial charge in [-0.3, -0.25) is 9.59 Å². The third kappa shape index (κ3) is 5.21. The van der Waals surface area contributed by atoms with Crippen molar-refractivity contribution in [2.75, 3.05) is 18.5 Å². The molecule has 156 valence electrons. The van der Waals surface area contributed by atoms with Crippen LogP contribution in [0.25, 0.3) is 11.1 Å². The first kappa shape index (κ1) is 20.4. The van der Waals surface area contributed by atoms with Gasteiger partial charge in [-0.1, -0.05) is 48.5 Å². The van der Waals surface area contributed by atoms with E-state index in [4.69, 9.17) is 9.15 Å². The zero-order valence-corrected chi connectivity index (χ0v) is 17.4. The number of carbonyl (C=O) groups excluding carboxylic acids is 2. The maximum Gasteiger partial charge on any atom is 0.291 e. The molecule has 2 N–H and O–H groups in total. The first-order valence-corrected chi connectivity index (χ1v) is 10.5. The van der Waals surface area contributed by atoms with Crippen molar-refractivity contribution in [2.24, 2.45) is 0 Å². The third-order valence-electron chi connectivity index (χ3n) is 4.43. The predicted molar refractivity (Wildman–Crippen MR) is 121 cm³/mol. The maximum absolute atomic E-state index is 12.4. The lowest BCUT2D eigenvalue weighted by molar-refractivity contribution is 0.0949. The number of para-hydroxylation sites is 1. The van der Waals surface area contributed by atoms with Crippen LogP contribution in [-0.2, 0) is 0 Å². The van der Waals surface area contributed by atoms with Crippen LogP contribution in [0.4, 0.5) is 5.00 Å². The minimum absolute atomic E-state index is 0.215. The van der Waals surface area contributed by atoms with Gasteiger partial charge in [-0.2, -0.15) is 0 Å². The molecule has 0 radical (unpaired) electrons. The van der Waals surface area contributed by atoms with Gasteiger partial charge in [0.15, 0.2) is 5.76 Å². The first-order chi connectivity index (χ1) is 15.2. The first-order valence-electron chi connectivity index (χ1n) is 9.71. The Morgan fingerprint density at radius 2 is 1.68 bits per heavy atom. The largest absolute Gasteiger partial charge is 0.491 e. The topological polar surface area (TPSA) is 80.6 Å². The van der Waals surface area contributed by atoms with Crippen molar-refractivity contribution >= 4 is 28.2 Å².